The first-order chi connectivity index (χ1) is 5.35. The lowest BCUT2D eigenvalue weighted by Crippen LogP contribution is -2.23. The van der Waals surface area contributed by atoms with E-state index in [1.165, 1.54) is 0 Å². The molecular weight excluding hydrogens is 142 g/mol. The van der Waals surface area contributed by atoms with Crippen molar-refractivity contribution in [3.05, 3.63) is 0 Å². The Bertz CT molecular complexity index is 143. The summed E-state index contributed by atoms with van der Waals surface area (Å²) in [5.74, 6) is 0. The average Bonchev–Trinajstić information content (AvgIpc) is 2.62. The summed E-state index contributed by atoms with van der Waals surface area (Å²) in [4.78, 5) is 0. The number of nitrogens with two attached hydrogens (primary N) is 1. The van der Waals surface area contributed by atoms with Gasteiger partial charge in [-0.05, 0) is 12.8 Å². The van der Waals surface area contributed by atoms with Gasteiger partial charge in [-0.25, -0.2) is 0 Å². The van der Waals surface area contributed by atoms with Crippen molar-refractivity contribution in [2.75, 3.05) is 26.4 Å². The van der Waals surface area contributed by atoms with E-state index in [2.05, 4.69) is 0 Å². The summed E-state index contributed by atoms with van der Waals surface area (Å²) in [6.45, 7) is 3.29. The molecule has 0 aliphatic carbocycles. The fourth-order valence-corrected chi connectivity index (χ4v) is 1.97. The molecule has 2 heterocycles. The van der Waals surface area contributed by atoms with Crippen LogP contribution in [-0.4, -0.2) is 32.5 Å². The minimum Gasteiger partial charge on any atom is -0.381 e. The van der Waals surface area contributed by atoms with Gasteiger partial charge < -0.3 is 15.2 Å². The molecule has 0 aromatic carbocycles. The summed E-state index contributed by atoms with van der Waals surface area (Å²) in [5.41, 5.74) is 5.86. The highest BCUT2D eigenvalue weighted by molar-refractivity contribution is 4.90. The molecule has 2 rings (SSSR count). The lowest BCUT2D eigenvalue weighted by atomic mass is 9.85. The fraction of sp³-hybridized carbons (Fsp3) is 1.00. The fourth-order valence-electron chi connectivity index (χ4n) is 1.97. The Kier molecular flexibility index (Phi) is 1.87. The first kappa shape index (κ1) is 7.53. The summed E-state index contributed by atoms with van der Waals surface area (Å²) < 4.78 is 10.9. The Hall–Kier alpha value is -0.120. The smallest absolute Gasteiger partial charge is 0.0704 e. The van der Waals surface area contributed by atoms with Gasteiger partial charge in [-0.2, -0.15) is 0 Å². The van der Waals surface area contributed by atoms with Crippen molar-refractivity contribution in [1.29, 1.82) is 0 Å². The second-order valence-electron chi connectivity index (χ2n) is 3.68. The van der Waals surface area contributed by atoms with Crippen molar-refractivity contribution in [3.8, 4) is 0 Å². The van der Waals surface area contributed by atoms with Crippen LogP contribution in [0.3, 0.4) is 0 Å². The molecule has 0 aromatic rings. The molecule has 2 saturated heterocycles. The second kappa shape index (κ2) is 2.73. The van der Waals surface area contributed by atoms with Gasteiger partial charge >= 0.3 is 0 Å². The Balaban J connectivity index is 1.96. The van der Waals surface area contributed by atoms with E-state index >= 15 is 0 Å². The summed E-state index contributed by atoms with van der Waals surface area (Å²) in [5, 5.41) is 0. The molecule has 0 radical (unpaired) electrons. The van der Waals surface area contributed by atoms with Crippen molar-refractivity contribution < 1.29 is 9.47 Å². The molecular formula is C8H15NO2. The predicted octanol–water partition coefficient (Wildman–Crippen LogP) is 0.141. The van der Waals surface area contributed by atoms with Crippen molar-refractivity contribution in [1.82, 2.24) is 0 Å². The Morgan fingerprint density at radius 3 is 2.91 bits per heavy atom. The molecule has 0 unspecified atom stereocenters. The van der Waals surface area contributed by atoms with E-state index < -0.39 is 0 Å². The third kappa shape index (κ3) is 1.28. The van der Waals surface area contributed by atoms with E-state index in [-0.39, 0.29) is 6.10 Å². The Morgan fingerprint density at radius 2 is 2.36 bits per heavy atom. The first-order valence-corrected chi connectivity index (χ1v) is 4.24. The van der Waals surface area contributed by atoms with Gasteiger partial charge in [0.2, 0.25) is 0 Å². The summed E-state index contributed by atoms with van der Waals surface area (Å²) >= 11 is 0. The maximum absolute atomic E-state index is 5.53. The van der Waals surface area contributed by atoms with E-state index in [0.717, 1.165) is 32.7 Å². The van der Waals surface area contributed by atoms with Crippen LogP contribution in [0.1, 0.15) is 12.8 Å². The third-order valence-corrected chi connectivity index (χ3v) is 2.73. The van der Waals surface area contributed by atoms with E-state index in [1.807, 2.05) is 0 Å². The van der Waals surface area contributed by atoms with Gasteiger partial charge in [0.05, 0.1) is 19.3 Å². The van der Waals surface area contributed by atoms with Crippen LogP contribution in [0.4, 0.5) is 0 Å². The molecule has 3 nitrogen and oxygen atoms in total. The quantitative estimate of drug-likeness (QED) is 0.589. The van der Waals surface area contributed by atoms with Crippen LogP contribution in [0.25, 0.3) is 0 Å². The monoisotopic (exact) mass is 157 g/mol. The van der Waals surface area contributed by atoms with Gasteiger partial charge in [0.25, 0.3) is 0 Å². The largest absolute Gasteiger partial charge is 0.381 e. The topological polar surface area (TPSA) is 44.5 Å². The molecule has 2 atom stereocenters. The molecule has 2 N–H and O–H groups in total. The zero-order valence-corrected chi connectivity index (χ0v) is 6.71. The van der Waals surface area contributed by atoms with Crippen molar-refractivity contribution in [2.24, 2.45) is 11.1 Å². The number of hydrogen-bond acceptors (Lipinski definition) is 3. The first-order valence-electron chi connectivity index (χ1n) is 4.24. The van der Waals surface area contributed by atoms with Gasteiger partial charge in [0.15, 0.2) is 0 Å². The molecule has 0 bridgehead atoms. The summed E-state index contributed by atoms with van der Waals surface area (Å²) in [6, 6.07) is 0. The minimum atomic E-state index is 0.289. The van der Waals surface area contributed by atoms with E-state index in [1.54, 1.807) is 0 Å². The Labute approximate surface area is 66.8 Å². The molecule has 0 saturated carbocycles. The van der Waals surface area contributed by atoms with Crippen LogP contribution < -0.4 is 5.73 Å². The average molecular weight is 157 g/mol. The van der Waals surface area contributed by atoms with Gasteiger partial charge in [-0.3, -0.25) is 0 Å². The highest BCUT2D eigenvalue weighted by Gasteiger charge is 2.42. The van der Waals surface area contributed by atoms with Crippen LogP contribution in [0.5, 0.6) is 0 Å². The standard InChI is InChI=1S/C8H15NO2/c9-4-7-3-8(6-11-7)1-2-10-5-8/h7H,1-6,9H2/t7-,8+/m1/s1. The summed E-state index contributed by atoms with van der Waals surface area (Å²) in [7, 11) is 0. The van der Waals surface area contributed by atoms with Gasteiger partial charge in [-0.15, -0.1) is 0 Å². The molecule has 0 amide bonds. The van der Waals surface area contributed by atoms with Crippen LogP contribution in [0.2, 0.25) is 0 Å². The maximum Gasteiger partial charge on any atom is 0.0704 e. The molecule has 11 heavy (non-hydrogen) atoms. The third-order valence-electron chi connectivity index (χ3n) is 2.73. The van der Waals surface area contributed by atoms with E-state index in [0.29, 0.717) is 12.0 Å². The van der Waals surface area contributed by atoms with Gasteiger partial charge in [0, 0.05) is 18.6 Å². The van der Waals surface area contributed by atoms with Crippen molar-refractivity contribution >= 4 is 0 Å². The van der Waals surface area contributed by atoms with Crippen LogP contribution in [0, 0.1) is 5.41 Å². The van der Waals surface area contributed by atoms with Crippen LogP contribution >= 0.6 is 0 Å². The molecule has 64 valence electrons. The van der Waals surface area contributed by atoms with E-state index in [4.69, 9.17) is 15.2 Å². The normalized spacial score (nSPS) is 43.9. The van der Waals surface area contributed by atoms with E-state index in [9.17, 15) is 0 Å². The molecule has 0 aromatic heterocycles. The van der Waals surface area contributed by atoms with Gasteiger partial charge in [0.1, 0.15) is 0 Å². The van der Waals surface area contributed by atoms with Crippen molar-refractivity contribution in [3.63, 3.8) is 0 Å². The molecule has 2 fully saturated rings. The molecule has 2 aliphatic rings. The number of ether oxygens (including phenoxy) is 2. The number of rotatable bonds is 1. The molecule has 2 aliphatic heterocycles. The van der Waals surface area contributed by atoms with Gasteiger partial charge in [-0.1, -0.05) is 0 Å². The predicted molar refractivity (Wildman–Crippen MR) is 41.3 cm³/mol. The SMILES string of the molecule is NC[C@H]1C[C@]2(CCOC2)CO1. The van der Waals surface area contributed by atoms with Crippen LogP contribution in [0.15, 0.2) is 0 Å². The summed E-state index contributed by atoms with van der Waals surface area (Å²) in [6.07, 6.45) is 2.55. The second-order valence-corrected chi connectivity index (χ2v) is 3.68. The lowest BCUT2D eigenvalue weighted by Gasteiger charge is -2.17. The Morgan fingerprint density at radius 1 is 1.45 bits per heavy atom. The highest BCUT2D eigenvalue weighted by atomic mass is 16.5. The highest BCUT2D eigenvalue weighted by Crippen LogP contribution is 2.39. The molecule has 3 heteroatoms. The zero-order chi connectivity index (χ0) is 7.73. The van der Waals surface area contributed by atoms with Crippen LogP contribution in [-0.2, 0) is 9.47 Å². The zero-order valence-electron chi connectivity index (χ0n) is 6.71. The van der Waals surface area contributed by atoms with Crippen molar-refractivity contribution in [2.45, 2.75) is 18.9 Å². The number of hydrogen-bond donors (Lipinski definition) is 1. The lowest BCUT2D eigenvalue weighted by molar-refractivity contribution is 0.0920. The maximum atomic E-state index is 5.53. The minimum absolute atomic E-state index is 0.289. The molecule has 1 spiro atoms.